The molecule has 1 unspecified atom stereocenters. The molecule has 0 aromatic carbocycles. The van der Waals surface area contributed by atoms with Gasteiger partial charge < -0.3 is 4.74 Å². The van der Waals surface area contributed by atoms with E-state index in [4.69, 9.17) is 4.74 Å². The average molecular weight is 209 g/mol. The van der Waals surface area contributed by atoms with Gasteiger partial charge >= 0.3 is 6.09 Å². The van der Waals surface area contributed by atoms with Crippen LogP contribution in [0, 0.1) is 5.92 Å². The minimum Gasteiger partial charge on any atom is -0.443 e. The van der Waals surface area contributed by atoms with E-state index in [-0.39, 0.29) is 6.09 Å². The van der Waals surface area contributed by atoms with E-state index in [1.54, 1.807) is 6.20 Å². The molecule has 0 saturated heterocycles. The van der Waals surface area contributed by atoms with Crippen LogP contribution in [0.15, 0.2) is 24.0 Å². The molecule has 0 spiro atoms. The van der Waals surface area contributed by atoms with Crippen molar-refractivity contribution in [2.75, 3.05) is 0 Å². The largest absolute Gasteiger partial charge is 0.443 e. The number of hydrogen-bond acceptors (Lipinski definition) is 2. The summed E-state index contributed by atoms with van der Waals surface area (Å²) in [6.07, 6.45) is 5.45. The molecule has 84 valence electrons. The highest BCUT2D eigenvalue weighted by atomic mass is 16.6. The van der Waals surface area contributed by atoms with E-state index in [1.165, 1.54) is 4.90 Å². The summed E-state index contributed by atoms with van der Waals surface area (Å²) in [6.45, 7) is 9.57. The van der Waals surface area contributed by atoms with Crippen molar-refractivity contribution >= 4 is 6.09 Å². The third kappa shape index (κ3) is 3.42. The number of ether oxygens (including phenoxy) is 1. The molecule has 1 rings (SSSR count). The Bertz CT molecular complexity index is 310. The van der Waals surface area contributed by atoms with Crippen LogP contribution in [0.5, 0.6) is 0 Å². The molecule has 1 atom stereocenters. The van der Waals surface area contributed by atoms with E-state index < -0.39 is 5.60 Å². The summed E-state index contributed by atoms with van der Waals surface area (Å²) in [5.41, 5.74) is 0.466. The van der Waals surface area contributed by atoms with E-state index in [0.29, 0.717) is 5.92 Å². The lowest BCUT2D eigenvalue weighted by Gasteiger charge is -2.27. The van der Waals surface area contributed by atoms with Crippen LogP contribution in [-0.2, 0) is 4.74 Å². The van der Waals surface area contributed by atoms with Gasteiger partial charge in [-0.05, 0) is 33.6 Å². The molecule has 0 aliphatic carbocycles. The normalized spacial score (nSPS) is 21.3. The van der Waals surface area contributed by atoms with Crippen LogP contribution in [0.1, 0.15) is 34.6 Å². The van der Waals surface area contributed by atoms with Gasteiger partial charge in [0.25, 0.3) is 0 Å². The molecule has 3 nitrogen and oxygen atoms in total. The smallest absolute Gasteiger partial charge is 0.418 e. The molecule has 0 N–H and O–H groups in total. The van der Waals surface area contributed by atoms with E-state index in [9.17, 15) is 4.79 Å². The Morgan fingerprint density at radius 3 is 2.53 bits per heavy atom. The fourth-order valence-corrected chi connectivity index (χ4v) is 1.37. The highest BCUT2D eigenvalue weighted by Gasteiger charge is 2.23. The van der Waals surface area contributed by atoms with Crippen LogP contribution in [0.25, 0.3) is 0 Å². The first-order valence-corrected chi connectivity index (χ1v) is 5.18. The van der Waals surface area contributed by atoms with Crippen molar-refractivity contribution in [1.29, 1.82) is 0 Å². The maximum absolute atomic E-state index is 11.7. The van der Waals surface area contributed by atoms with E-state index >= 15 is 0 Å². The molecule has 1 heterocycles. The van der Waals surface area contributed by atoms with Gasteiger partial charge in [-0.15, -0.1) is 0 Å². The first-order chi connectivity index (χ1) is 6.79. The van der Waals surface area contributed by atoms with Gasteiger partial charge in [0.15, 0.2) is 0 Å². The minimum absolute atomic E-state index is 0.320. The number of nitrogens with zero attached hydrogens (tertiary/aromatic N) is 1. The molecular formula is C12H19NO2. The summed E-state index contributed by atoms with van der Waals surface area (Å²) in [5, 5.41) is 0. The zero-order valence-electron chi connectivity index (χ0n) is 10.1. The lowest BCUT2D eigenvalue weighted by Crippen LogP contribution is -2.33. The quantitative estimate of drug-likeness (QED) is 0.612. The Hall–Kier alpha value is -1.25. The van der Waals surface area contributed by atoms with Crippen LogP contribution in [-0.4, -0.2) is 16.6 Å². The van der Waals surface area contributed by atoms with Gasteiger partial charge in [-0.2, -0.15) is 0 Å². The third-order valence-corrected chi connectivity index (χ3v) is 2.01. The summed E-state index contributed by atoms with van der Waals surface area (Å²) in [4.78, 5) is 13.3. The van der Waals surface area contributed by atoms with Crippen molar-refractivity contribution in [3.05, 3.63) is 24.0 Å². The van der Waals surface area contributed by atoms with Crippen molar-refractivity contribution in [3.63, 3.8) is 0 Å². The lowest BCUT2D eigenvalue weighted by molar-refractivity contribution is 0.0380. The number of carbonyl (C=O) groups is 1. The summed E-state index contributed by atoms with van der Waals surface area (Å²) in [6, 6.07) is 0. The second-order valence-electron chi connectivity index (χ2n) is 4.86. The summed E-state index contributed by atoms with van der Waals surface area (Å²) >= 11 is 0. The number of hydrogen-bond donors (Lipinski definition) is 0. The van der Waals surface area contributed by atoms with E-state index in [2.05, 4.69) is 6.92 Å². The van der Waals surface area contributed by atoms with Crippen molar-refractivity contribution in [3.8, 4) is 0 Å². The second-order valence-corrected chi connectivity index (χ2v) is 4.86. The topological polar surface area (TPSA) is 29.5 Å². The van der Waals surface area contributed by atoms with Gasteiger partial charge in [-0.1, -0.05) is 19.1 Å². The van der Waals surface area contributed by atoms with Crippen molar-refractivity contribution in [1.82, 2.24) is 4.90 Å². The molecule has 0 saturated carbocycles. The van der Waals surface area contributed by atoms with Gasteiger partial charge in [0, 0.05) is 11.9 Å². The van der Waals surface area contributed by atoms with Gasteiger partial charge in [-0.3, -0.25) is 4.90 Å². The third-order valence-electron chi connectivity index (χ3n) is 2.01. The Balaban J connectivity index is 2.70. The summed E-state index contributed by atoms with van der Waals surface area (Å²) in [7, 11) is 0. The maximum atomic E-state index is 11.7. The molecule has 1 amide bonds. The average Bonchev–Trinajstić information content (AvgIpc) is 1.99. The maximum Gasteiger partial charge on any atom is 0.418 e. The monoisotopic (exact) mass is 209 g/mol. The van der Waals surface area contributed by atoms with Crippen molar-refractivity contribution in [2.24, 2.45) is 5.92 Å². The molecule has 0 aromatic heterocycles. The Morgan fingerprint density at radius 2 is 2.07 bits per heavy atom. The predicted molar refractivity (Wildman–Crippen MR) is 60.1 cm³/mol. The van der Waals surface area contributed by atoms with Gasteiger partial charge in [-0.25, -0.2) is 4.79 Å². The SMILES string of the molecule is CC1=CC(C)C=CN1C(=O)OC(C)(C)C. The first-order valence-electron chi connectivity index (χ1n) is 5.18. The van der Waals surface area contributed by atoms with Crippen LogP contribution >= 0.6 is 0 Å². The molecule has 15 heavy (non-hydrogen) atoms. The van der Waals surface area contributed by atoms with Gasteiger partial charge in [0.2, 0.25) is 0 Å². The zero-order chi connectivity index (χ0) is 11.6. The van der Waals surface area contributed by atoms with Crippen molar-refractivity contribution in [2.45, 2.75) is 40.2 Å². The van der Waals surface area contributed by atoms with Gasteiger partial charge in [0.1, 0.15) is 5.60 Å². The molecule has 3 heteroatoms. The van der Waals surface area contributed by atoms with Crippen LogP contribution < -0.4 is 0 Å². The molecule has 0 aromatic rings. The number of carbonyl (C=O) groups excluding carboxylic acids is 1. The fourth-order valence-electron chi connectivity index (χ4n) is 1.37. The molecule has 0 bridgehead atoms. The second kappa shape index (κ2) is 4.09. The minimum atomic E-state index is -0.450. The molecule has 0 radical (unpaired) electrons. The Kier molecular flexibility index (Phi) is 3.22. The number of allylic oxidation sites excluding steroid dienone is 3. The zero-order valence-corrected chi connectivity index (χ0v) is 10.1. The Morgan fingerprint density at radius 1 is 1.47 bits per heavy atom. The fraction of sp³-hybridized carbons (Fsp3) is 0.583. The molecule has 0 fully saturated rings. The van der Waals surface area contributed by atoms with Crippen LogP contribution in [0.3, 0.4) is 0 Å². The van der Waals surface area contributed by atoms with Crippen LogP contribution in [0.4, 0.5) is 4.79 Å². The van der Waals surface area contributed by atoms with E-state index in [0.717, 1.165) is 5.70 Å². The highest BCUT2D eigenvalue weighted by molar-refractivity contribution is 5.72. The van der Waals surface area contributed by atoms with Crippen molar-refractivity contribution < 1.29 is 9.53 Å². The van der Waals surface area contributed by atoms with Crippen LogP contribution in [0.2, 0.25) is 0 Å². The predicted octanol–water partition coefficient (Wildman–Crippen LogP) is 3.29. The Labute approximate surface area is 91.4 Å². The standard InChI is InChI=1S/C12H19NO2/c1-9-6-7-13(10(2)8-9)11(14)15-12(3,4)5/h6-9H,1-5H3. The lowest BCUT2D eigenvalue weighted by atomic mass is 10.1. The highest BCUT2D eigenvalue weighted by Crippen LogP contribution is 2.19. The first kappa shape index (κ1) is 11.8. The number of amides is 1. The summed E-state index contributed by atoms with van der Waals surface area (Å²) < 4.78 is 5.28. The molecule has 1 aliphatic heterocycles. The van der Waals surface area contributed by atoms with E-state index in [1.807, 2.05) is 39.8 Å². The molecular weight excluding hydrogens is 190 g/mol. The summed E-state index contributed by atoms with van der Waals surface area (Å²) in [5.74, 6) is 0.378. The molecule has 1 aliphatic rings. The van der Waals surface area contributed by atoms with Gasteiger partial charge in [0.05, 0.1) is 0 Å². The number of rotatable bonds is 0.